The van der Waals surface area contributed by atoms with Gasteiger partial charge in [-0.2, -0.15) is 5.26 Å². The molecule has 1 aliphatic rings. The van der Waals surface area contributed by atoms with Crippen molar-refractivity contribution in [1.82, 2.24) is 4.98 Å². The van der Waals surface area contributed by atoms with Crippen molar-refractivity contribution in [3.05, 3.63) is 46.6 Å². The van der Waals surface area contributed by atoms with Gasteiger partial charge in [-0.15, -0.1) is 0 Å². The van der Waals surface area contributed by atoms with Crippen molar-refractivity contribution < 1.29 is 0 Å². The van der Waals surface area contributed by atoms with E-state index < -0.39 is 0 Å². The lowest BCUT2D eigenvalue weighted by molar-refractivity contribution is 0.590. The molecule has 3 nitrogen and oxygen atoms in total. The first-order valence-electron chi connectivity index (χ1n) is 8.74. The molecular formula is C21H25N3. The Morgan fingerprint density at radius 3 is 2.33 bits per heavy atom. The fourth-order valence-electron chi connectivity index (χ4n) is 3.51. The highest BCUT2D eigenvalue weighted by molar-refractivity contribution is 5.79. The molecule has 124 valence electrons. The van der Waals surface area contributed by atoms with Crippen molar-refractivity contribution in [2.45, 2.75) is 58.3 Å². The minimum atomic E-state index is 0.116. The van der Waals surface area contributed by atoms with Gasteiger partial charge >= 0.3 is 0 Å². The highest BCUT2D eigenvalue weighted by Crippen LogP contribution is 2.36. The lowest BCUT2D eigenvalue weighted by atomic mass is 9.85. The number of nitrogens with zero attached hydrogens (tertiary/aromatic N) is 2. The number of nitrogen functional groups attached to an aromatic ring is 1. The van der Waals surface area contributed by atoms with Gasteiger partial charge in [0.05, 0.1) is 0 Å². The topological polar surface area (TPSA) is 62.7 Å². The standard InChI is InChI=1S/C21H25N3/c1-21(2,3)15-11-9-14(10-12-15)19-16-7-5-4-6-8-18(16)24-20(23)17(19)13-22/h9-12H,4-8H2,1-3H3,(H2,23,24). The number of aromatic nitrogens is 1. The monoisotopic (exact) mass is 319 g/mol. The van der Waals surface area contributed by atoms with Gasteiger partial charge < -0.3 is 5.73 Å². The highest BCUT2D eigenvalue weighted by Gasteiger charge is 2.21. The van der Waals surface area contributed by atoms with Gasteiger partial charge in [0.25, 0.3) is 0 Å². The number of nitriles is 1. The van der Waals surface area contributed by atoms with Crippen LogP contribution in [0, 0.1) is 11.3 Å². The lowest BCUT2D eigenvalue weighted by Gasteiger charge is -2.20. The van der Waals surface area contributed by atoms with E-state index in [1.54, 1.807) is 0 Å². The van der Waals surface area contributed by atoms with E-state index in [1.165, 1.54) is 17.5 Å². The smallest absolute Gasteiger partial charge is 0.142 e. The molecule has 0 amide bonds. The van der Waals surface area contributed by atoms with Gasteiger partial charge in [0.15, 0.2) is 0 Å². The maximum absolute atomic E-state index is 9.65. The second kappa shape index (κ2) is 6.28. The molecule has 0 fully saturated rings. The Hall–Kier alpha value is -2.34. The van der Waals surface area contributed by atoms with Crippen LogP contribution in [-0.4, -0.2) is 4.98 Å². The molecule has 0 radical (unpaired) electrons. The van der Waals surface area contributed by atoms with Crippen LogP contribution in [0.2, 0.25) is 0 Å². The van der Waals surface area contributed by atoms with Gasteiger partial charge in [-0.05, 0) is 47.8 Å². The number of hydrogen-bond acceptors (Lipinski definition) is 3. The summed E-state index contributed by atoms with van der Waals surface area (Å²) in [6, 6.07) is 10.9. The predicted octanol–water partition coefficient (Wildman–Crippen LogP) is 4.77. The summed E-state index contributed by atoms with van der Waals surface area (Å²) >= 11 is 0. The maximum Gasteiger partial charge on any atom is 0.142 e. The molecule has 0 bridgehead atoms. The predicted molar refractivity (Wildman–Crippen MR) is 98.8 cm³/mol. The quantitative estimate of drug-likeness (QED) is 0.770. The minimum absolute atomic E-state index is 0.116. The Labute approximate surface area is 144 Å². The van der Waals surface area contributed by atoms with Crippen LogP contribution in [0.3, 0.4) is 0 Å². The van der Waals surface area contributed by atoms with Crippen molar-refractivity contribution in [2.24, 2.45) is 0 Å². The summed E-state index contributed by atoms with van der Waals surface area (Å²) in [6.45, 7) is 6.62. The SMILES string of the molecule is CC(C)(C)c1ccc(-c2c(C#N)c(N)nc3c2CCCCC3)cc1. The Balaban J connectivity index is 2.19. The molecule has 1 aliphatic carbocycles. The molecule has 2 N–H and O–H groups in total. The number of aryl methyl sites for hydroxylation is 1. The first-order valence-corrected chi connectivity index (χ1v) is 8.74. The number of nitrogens with two attached hydrogens (primary N) is 1. The maximum atomic E-state index is 9.65. The normalized spacial score (nSPS) is 14.6. The Kier molecular flexibility index (Phi) is 4.32. The molecule has 24 heavy (non-hydrogen) atoms. The lowest BCUT2D eigenvalue weighted by Crippen LogP contribution is -2.11. The number of hydrogen-bond donors (Lipinski definition) is 1. The summed E-state index contributed by atoms with van der Waals surface area (Å²) in [4.78, 5) is 4.54. The molecule has 1 heterocycles. The number of rotatable bonds is 1. The highest BCUT2D eigenvalue weighted by atomic mass is 14.9. The summed E-state index contributed by atoms with van der Waals surface area (Å²) in [7, 11) is 0. The average molecular weight is 319 g/mol. The van der Waals surface area contributed by atoms with Crippen molar-refractivity contribution in [1.29, 1.82) is 5.26 Å². The second-order valence-corrected chi connectivity index (χ2v) is 7.67. The third-order valence-electron chi connectivity index (χ3n) is 4.90. The van der Waals surface area contributed by atoms with E-state index in [9.17, 15) is 5.26 Å². The number of benzene rings is 1. The van der Waals surface area contributed by atoms with E-state index in [4.69, 9.17) is 5.73 Å². The summed E-state index contributed by atoms with van der Waals surface area (Å²) in [6.07, 6.45) is 5.44. The van der Waals surface area contributed by atoms with Gasteiger partial charge in [-0.1, -0.05) is 51.5 Å². The van der Waals surface area contributed by atoms with Gasteiger partial charge in [-0.3, -0.25) is 0 Å². The molecule has 0 unspecified atom stereocenters. The van der Waals surface area contributed by atoms with E-state index in [0.29, 0.717) is 11.4 Å². The zero-order valence-corrected chi connectivity index (χ0v) is 14.8. The van der Waals surface area contributed by atoms with E-state index in [0.717, 1.165) is 42.5 Å². The Bertz CT molecular complexity index is 790. The summed E-state index contributed by atoms with van der Waals surface area (Å²) in [5, 5.41) is 9.65. The average Bonchev–Trinajstić information content (AvgIpc) is 2.78. The molecule has 0 aliphatic heterocycles. The van der Waals surface area contributed by atoms with Crippen LogP contribution in [0.5, 0.6) is 0 Å². The van der Waals surface area contributed by atoms with E-state index in [-0.39, 0.29) is 5.41 Å². The van der Waals surface area contributed by atoms with Crippen LogP contribution in [0.1, 0.15) is 62.4 Å². The first kappa shape index (κ1) is 16.5. The number of pyridine rings is 1. The van der Waals surface area contributed by atoms with Crippen LogP contribution < -0.4 is 5.73 Å². The summed E-state index contributed by atoms with van der Waals surface area (Å²) in [5.41, 5.74) is 12.4. The molecule has 3 heteroatoms. The Morgan fingerprint density at radius 1 is 1.04 bits per heavy atom. The van der Waals surface area contributed by atoms with Crippen molar-refractivity contribution in [3.63, 3.8) is 0 Å². The molecule has 2 aromatic rings. The van der Waals surface area contributed by atoms with Gasteiger partial charge in [0.2, 0.25) is 0 Å². The van der Waals surface area contributed by atoms with E-state index in [1.807, 2.05) is 0 Å². The van der Waals surface area contributed by atoms with Crippen LogP contribution >= 0.6 is 0 Å². The van der Waals surface area contributed by atoms with E-state index in [2.05, 4.69) is 56.1 Å². The molecule has 0 atom stereocenters. The van der Waals surface area contributed by atoms with Crippen LogP contribution in [0.25, 0.3) is 11.1 Å². The number of anilines is 1. The molecule has 0 saturated heterocycles. The molecule has 3 rings (SSSR count). The summed E-state index contributed by atoms with van der Waals surface area (Å²) < 4.78 is 0. The van der Waals surface area contributed by atoms with Crippen molar-refractivity contribution >= 4 is 5.82 Å². The fraction of sp³-hybridized carbons (Fsp3) is 0.429. The molecular weight excluding hydrogens is 294 g/mol. The van der Waals surface area contributed by atoms with Crippen LogP contribution in [-0.2, 0) is 18.3 Å². The van der Waals surface area contributed by atoms with E-state index >= 15 is 0 Å². The fourth-order valence-corrected chi connectivity index (χ4v) is 3.51. The van der Waals surface area contributed by atoms with Gasteiger partial charge in [-0.25, -0.2) is 4.98 Å². The molecule has 1 aromatic heterocycles. The Morgan fingerprint density at radius 2 is 1.71 bits per heavy atom. The first-order chi connectivity index (χ1) is 11.4. The third kappa shape index (κ3) is 3.01. The molecule has 0 saturated carbocycles. The van der Waals surface area contributed by atoms with Gasteiger partial charge in [0, 0.05) is 11.3 Å². The zero-order valence-electron chi connectivity index (χ0n) is 14.8. The van der Waals surface area contributed by atoms with Crippen molar-refractivity contribution in [3.8, 4) is 17.2 Å². The van der Waals surface area contributed by atoms with Gasteiger partial charge in [0.1, 0.15) is 17.5 Å². The van der Waals surface area contributed by atoms with Crippen LogP contribution in [0.15, 0.2) is 24.3 Å². The number of fused-ring (bicyclic) bond motifs is 1. The molecule has 0 spiro atoms. The van der Waals surface area contributed by atoms with Crippen molar-refractivity contribution in [2.75, 3.05) is 5.73 Å². The zero-order chi connectivity index (χ0) is 17.3. The summed E-state index contributed by atoms with van der Waals surface area (Å²) in [5.74, 6) is 0.369. The largest absolute Gasteiger partial charge is 0.383 e. The minimum Gasteiger partial charge on any atom is -0.383 e. The molecule has 1 aromatic carbocycles. The third-order valence-corrected chi connectivity index (χ3v) is 4.90. The second-order valence-electron chi connectivity index (χ2n) is 7.67. The van der Waals surface area contributed by atoms with Crippen LogP contribution in [0.4, 0.5) is 5.82 Å².